The van der Waals surface area contributed by atoms with Crippen LogP contribution in [0.3, 0.4) is 0 Å². The maximum Gasteiger partial charge on any atom is 0.297 e. The summed E-state index contributed by atoms with van der Waals surface area (Å²) >= 11 is 0. The number of hydrogen-bond acceptors (Lipinski definition) is 3. The molecule has 0 atom stereocenters. The van der Waals surface area contributed by atoms with Crippen LogP contribution in [0.4, 0.5) is 34.1 Å². The lowest BCUT2D eigenvalue weighted by molar-refractivity contribution is 0.331. The van der Waals surface area contributed by atoms with Gasteiger partial charge in [-0.1, -0.05) is 168 Å². The highest BCUT2D eigenvalue weighted by Crippen LogP contribution is 2.58. The van der Waals surface area contributed by atoms with Crippen LogP contribution in [0.1, 0.15) is 239 Å². The van der Waals surface area contributed by atoms with Gasteiger partial charge in [-0.3, -0.25) is 0 Å². The summed E-state index contributed by atoms with van der Waals surface area (Å²) in [5.41, 5.74) is 29.6. The van der Waals surface area contributed by atoms with E-state index in [2.05, 4.69) is 239 Å². The summed E-state index contributed by atoms with van der Waals surface area (Å²) in [5, 5.41) is 1.22. The number of rotatable bonds is 3. The third kappa shape index (κ3) is 7.69. The van der Waals surface area contributed by atoms with Crippen LogP contribution in [-0.2, 0) is 48.7 Å². The predicted molar refractivity (Wildman–Crippen MR) is 340 cm³/mol. The molecule has 2 aliphatic heterocycles. The summed E-state index contributed by atoms with van der Waals surface area (Å²) in [6.07, 6.45) is 9.31. The van der Waals surface area contributed by atoms with Crippen LogP contribution in [0.25, 0.3) is 22.1 Å². The average Bonchev–Trinajstić information content (AvgIpc) is 3.84. The van der Waals surface area contributed by atoms with E-state index in [9.17, 15) is 0 Å². The largest absolute Gasteiger partial charge is 0.468 e. The molecule has 4 heteroatoms. The maximum atomic E-state index is 7.82. The zero-order valence-corrected chi connectivity index (χ0v) is 52.2. The first-order valence-corrected chi connectivity index (χ1v) is 30.6. The number of hydrogen-bond donors (Lipinski definition) is 0. The Labute approximate surface area is 476 Å². The fourth-order valence-corrected chi connectivity index (χ4v) is 16.3. The minimum atomic E-state index is -0.149. The van der Waals surface area contributed by atoms with Crippen molar-refractivity contribution in [3.05, 3.63) is 147 Å². The van der Waals surface area contributed by atoms with Gasteiger partial charge >= 0.3 is 0 Å². The molecule has 4 aliphatic carbocycles. The highest BCUT2D eigenvalue weighted by Gasteiger charge is 2.50. The van der Waals surface area contributed by atoms with Crippen molar-refractivity contribution in [3.63, 3.8) is 0 Å². The highest BCUT2D eigenvalue weighted by molar-refractivity contribution is 7.00. The van der Waals surface area contributed by atoms with E-state index >= 15 is 0 Å². The van der Waals surface area contributed by atoms with Crippen molar-refractivity contribution >= 4 is 68.4 Å². The van der Waals surface area contributed by atoms with Crippen LogP contribution in [0, 0.1) is 6.92 Å². The van der Waals surface area contributed by atoms with Crippen LogP contribution in [0.15, 0.2) is 95.4 Å². The smallest absolute Gasteiger partial charge is 0.297 e. The van der Waals surface area contributed by atoms with Gasteiger partial charge in [-0.25, -0.2) is 0 Å². The van der Waals surface area contributed by atoms with Gasteiger partial charge in [0, 0.05) is 33.7 Å². The molecule has 3 heterocycles. The molecule has 13 rings (SSSR count). The zero-order chi connectivity index (χ0) is 56.5. The van der Waals surface area contributed by atoms with E-state index < -0.39 is 0 Å². The van der Waals surface area contributed by atoms with Crippen molar-refractivity contribution in [2.45, 2.75) is 239 Å². The zero-order valence-electron chi connectivity index (χ0n) is 52.2. The van der Waals surface area contributed by atoms with Gasteiger partial charge in [0.2, 0.25) is 0 Å². The Bertz CT molecular complexity index is 3760. The third-order valence-electron chi connectivity index (χ3n) is 22.1. The minimum Gasteiger partial charge on any atom is -0.468 e. The molecule has 7 aromatic rings. The lowest BCUT2D eigenvalue weighted by Crippen LogP contribution is -2.61. The Morgan fingerprint density at radius 3 is 1.53 bits per heavy atom. The van der Waals surface area contributed by atoms with Crippen LogP contribution in [0.5, 0.6) is 0 Å². The van der Waals surface area contributed by atoms with Crippen LogP contribution in [0.2, 0.25) is 0 Å². The van der Waals surface area contributed by atoms with Crippen molar-refractivity contribution in [2.24, 2.45) is 0 Å². The highest BCUT2D eigenvalue weighted by atomic mass is 16.3. The van der Waals surface area contributed by atoms with E-state index in [4.69, 9.17) is 4.42 Å². The molecule has 6 aliphatic rings. The number of furan rings is 1. The van der Waals surface area contributed by atoms with Crippen molar-refractivity contribution in [2.75, 3.05) is 9.80 Å². The van der Waals surface area contributed by atoms with Gasteiger partial charge in [0.25, 0.3) is 6.71 Å². The molecular weight excluding hydrogens is 956 g/mol. The van der Waals surface area contributed by atoms with E-state index in [0.29, 0.717) is 0 Å². The number of aryl methyl sites for hydroxylation is 1. The molecule has 6 aromatic carbocycles. The third-order valence-corrected chi connectivity index (χ3v) is 22.1. The first-order chi connectivity index (χ1) is 36.6. The van der Waals surface area contributed by atoms with Gasteiger partial charge in [0.15, 0.2) is 0 Å². The Hall–Kier alpha value is -5.48. The summed E-state index contributed by atoms with van der Waals surface area (Å²) in [6.45, 7) is 49.1. The lowest BCUT2D eigenvalue weighted by atomic mass is 9.35. The van der Waals surface area contributed by atoms with E-state index in [-0.39, 0.29) is 55.4 Å². The first kappa shape index (κ1) is 52.9. The molecule has 0 unspecified atom stereocenters. The van der Waals surface area contributed by atoms with E-state index in [1.807, 2.05) is 0 Å². The molecule has 3 nitrogen and oxygen atoms in total. The number of benzene rings is 6. The lowest BCUT2D eigenvalue weighted by Gasteiger charge is -2.47. The molecule has 0 spiro atoms. The Morgan fingerprint density at radius 1 is 0.430 bits per heavy atom. The Morgan fingerprint density at radius 2 is 0.937 bits per heavy atom. The summed E-state index contributed by atoms with van der Waals surface area (Å²) in [5.74, 6) is 0. The predicted octanol–water partition coefficient (Wildman–Crippen LogP) is 19.2. The molecule has 0 bridgehead atoms. The van der Waals surface area contributed by atoms with Gasteiger partial charge in [-0.05, 0) is 234 Å². The minimum absolute atomic E-state index is 0.00108. The van der Waals surface area contributed by atoms with Gasteiger partial charge < -0.3 is 14.2 Å². The second-order valence-corrected chi connectivity index (χ2v) is 32.5. The van der Waals surface area contributed by atoms with Gasteiger partial charge in [0.05, 0.1) is 17.0 Å². The number of nitrogens with zero attached hydrogens (tertiary/aromatic N) is 2. The molecule has 0 fully saturated rings. The van der Waals surface area contributed by atoms with Crippen LogP contribution in [-0.4, -0.2) is 6.71 Å². The number of fused-ring (bicyclic) bond motifs is 10. The monoisotopic (exact) mass is 1050 g/mol. The topological polar surface area (TPSA) is 19.6 Å². The first-order valence-electron chi connectivity index (χ1n) is 30.6. The second-order valence-electron chi connectivity index (χ2n) is 32.5. The molecule has 0 N–H and O–H groups in total. The average molecular weight is 1050 g/mol. The van der Waals surface area contributed by atoms with Crippen LogP contribution >= 0.6 is 0 Å². The molecule has 79 heavy (non-hydrogen) atoms. The normalized spacial score (nSPS) is 21.7. The molecule has 0 saturated carbocycles. The Balaban J connectivity index is 1.18. The standard InChI is InChI=1S/C75H91BN2O/c1-44-36-60-64-61(37-44)78(59-42-55-53(71(11,12)30-32-73(55,15)16)40-48(59)47-22-21-23-51-63(47)75(19,20)35-34-69(51,7)8)58-27-24-45(67(2,3)4)38-57(58)76(64)66-65(49-41-54-56(43-62(49)79-66)74(17,18)33-31-72(54,13)14)77(60)46-25-26-50-52(39-46)70(9,10)29-28-68(50,5)6/h21-27,36-43H,28-35H2,1-20H3. The molecule has 1 aromatic heterocycles. The molecule has 0 amide bonds. The second kappa shape index (κ2) is 16.4. The van der Waals surface area contributed by atoms with E-state index in [1.165, 1.54) is 130 Å². The fraction of sp³-hybridized carbons (Fsp3) is 0.493. The van der Waals surface area contributed by atoms with Gasteiger partial charge in [0.1, 0.15) is 5.58 Å². The van der Waals surface area contributed by atoms with Gasteiger partial charge in [-0.2, -0.15) is 0 Å². The van der Waals surface area contributed by atoms with Crippen LogP contribution < -0.4 is 26.4 Å². The number of anilines is 6. The van der Waals surface area contributed by atoms with E-state index in [1.54, 1.807) is 0 Å². The summed E-state index contributed by atoms with van der Waals surface area (Å²) < 4.78 is 7.82. The maximum absolute atomic E-state index is 7.82. The summed E-state index contributed by atoms with van der Waals surface area (Å²) in [6, 6.07) is 37.9. The summed E-state index contributed by atoms with van der Waals surface area (Å²) in [4.78, 5) is 5.44. The quantitative estimate of drug-likeness (QED) is 0.164. The van der Waals surface area contributed by atoms with E-state index in [0.717, 1.165) is 49.8 Å². The molecule has 410 valence electrons. The Kier molecular flexibility index (Phi) is 11.0. The van der Waals surface area contributed by atoms with Crippen molar-refractivity contribution in [1.29, 1.82) is 0 Å². The SMILES string of the molecule is Cc1cc2c3c(c1)N(c1ccc4c(c1)C(C)(C)CCC4(C)C)c1c(oc4cc5c(cc14)C(C)(C)CCC5(C)C)B3c1cc(C(C)(C)C)ccc1N2c1cc2c(cc1-c1cccc3c1C(C)(C)CCC3(C)C)C(C)(C)CCC2(C)C. The van der Waals surface area contributed by atoms with Gasteiger partial charge in [-0.15, -0.1) is 0 Å². The fourth-order valence-electron chi connectivity index (χ4n) is 16.3. The molecule has 0 radical (unpaired) electrons. The van der Waals surface area contributed by atoms with Crippen molar-refractivity contribution in [1.82, 2.24) is 0 Å². The summed E-state index contributed by atoms with van der Waals surface area (Å²) in [7, 11) is 0. The molecular formula is C75H91BN2O. The van der Waals surface area contributed by atoms with Crippen molar-refractivity contribution in [3.8, 4) is 11.1 Å². The molecule has 0 saturated heterocycles. The van der Waals surface area contributed by atoms with Crippen molar-refractivity contribution < 1.29 is 4.42 Å².